The summed E-state index contributed by atoms with van der Waals surface area (Å²) in [6, 6.07) is 18.5. The van der Waals surface area contributed by atoms with Crippen LogP contribution >= 0.6 is 34.5 Å². The van der Waals surface area contributed by atoms with E-state index in [9.17, 15) is 4.79 Å². The Morgan fingerprint density at radius 2 is 1.91 bits per heavy atom. The third-order valence-corrected chi connectivity index (χ3v) is 6.94. The molecular weight excluding hydrogens is 493 g/mol. The molecule has 0 spiro atoms. The second-order valence-corrected chi connectivity index (χ2v) is 9.31. The highest BCUT2D eigenvalue weighted by Gasteiger charge is 2.21. The number of hydrogen-bond acceptors (Lipinski definition) is 6. The van der Waals surface area contributed by atoms with Gasteiger partial charge in [0.25, 0.3) is 5.91 Å². The number of halogens is 2. The first-order valence-electron chi connectivity index (χ1n) is 10.2. The van der Waals surface area contributed by atoms with Crippen molar-refractivity contribution in [2.75, 3.05) is 0 Å². The number of nitrogens with two attached hydrogens (primary N) is 1. The average molecular weight is 510 g/mol. The molecule has 0 aliphatic heterocycles. The number of rotatable bonds is 6. The number of amides is 1. The minimum Gasteiger partial charge on any atom is -0.484 e. The largest absolute Gasteiger partial charge is 0.484 e. The fourth-order valence-electron chi connectivity index (χ4n) is 3.62. The van der Waals surface area contributed by atoms with E-state index in [1.165, 1.54) is 11.3 Å². The molecule has 0 unspecified atom stereocenters. The molecule has 10 heteroatoms. The smallest absolute Gasteiger partial charge is 0.262 e. The van der Waals surface area contributed by atoms with Crippen LogP contribution in [0.4, 0.5) is 0 Å². The van der Waals surface area contributed by atoms with Crippen LogP contribution in [0.5, 0.6) is 5.75 Å². The quantitative estimate of drug-likeness (QED) is 0.298. The Bertz CT molecular complexity index is 1510. The first-order valence-corrected chi connectivity index (χ1v) is 11.8. The van der Waals surface area contributed by atoms with E-state index < -0.39 is 5.91 Å². The van der Waals surface area contributed by atoms with Crippen LogP contribution in [0.15, 0.2) is 67.0 Å². The Morgan fingerprint density at radius 3 is 2.65 bits per heavy atom. The Hall–Kier alpha value is -3.46. The Morgan fingerprint density at radius 1 is 1.09 bits per heavy atom. The predicted molar refractivity (Wildman–Crippen MR) is 134 cm³/mol. The zero-order valence-corrected chi connectivity index (χ0v) is 20.1. The number of fused-ring (bicyclic) bond motifs is 1. The number of primary amides is 1. The molecule has 1 atom stereocenters. The van der Waals surface area contributed by atoms with Gasteiger partial charge in [0.1, 0.15) is 28.1 Å². The van der Waals surface area contributed by atoms with Crippen molar-refractivity contribution in [1.29, 1.82) is 0 Å². The van der Waals surface area contributed by atoms with Gasteiger partial charge in [-0.15, -0.1) is 21.5 Å². The highest BCUT2D eigenvalue weighted by atomic mass is 35.5. The first kappa shape index (κ1) is 22.3. The summed E-state index contributed by atoms with van der Waals surface area (Å²) in [6.45, 7) is 1.87. The van der Waals surface area contributed by atoms with E-state index in [0.29, 0.717) is 26.5 Å². The molecule has 0 aliphatic carbocycles. The van der Waals surface area contributed by atoms with E-state index in [4.69, 9.17) is 33.7 Å². The maximum Gasteiger partial charge on any atom is 0.262 e. The lowest BCUT2D eigenvalue weighted by Crippen LogP contribution is -2.12. The predicted octanol–water partition coefficient (Wildman–Crippen LogP) is 6.09. The van der Waals surface area contributed by atoms with Crippen molar-refractivity contribution in [1.82, 2.24) is 19.7 Å². The van der Waals surface area contributed by atoms with Gasteiger partial charge >= 0.3 is 0 Å². The molecule has 2 aromatic carbocycles. The number of nitrogens with zero attached hydrogens (tertiary/aromatic N) is 4. The number of thiophene rings is 1. The zero-order chi connectivity index (χ0) is 23.8. The third kappa shape index (κ3) is 4.23. The Labute approximate surface area is 208 Å². The van der Waals surface area contributed by atoms with Crippen LogP contribution in [0.25, 0.3) is 27.3 Å². The van der Waals surface area contributed by atoms with Gasteiger partial charge in [-0.3, -0.25) is 9.36 Å². The van der Waals surface area contributed by atoms with Gasteiger partial charge in [-0.05, 0) is 37.3 Å². The molecule has 1 amide bonds. The monoisotopic (exact) mass is 509 g/mol. The summed E-state index contributed by atoms with van der Waals surface area (Å²) < 4.78 is 8.00. The van der Waals surface area contributed by atoms with E-state index in [1.54, 1.807) is 30.6 Å². The van der Waals surface area contributed by atoms with Crippen molar-refractivity contribution in [3.63, 3.8) is 0 Å². The highest BCUT2D eigenvalue weighted by molar-refractivity contribution is 7.16. The minimum atomic E-state index is -0.564. The van der Waals surface area contributed by atoms with Crippen molar-refractivity contribution in [2.45, 2.75) is 13.0 Å². The van der Waals surface area contributed by atoms with E-state index in [0.717, 1.165) is 27.2 Å². The van der Waals surface area contributed by atoms with Crippen LogP contribution in [0.1, 0.15) is 28.3 Å². The van der Waals surface area contributed by atoms with Crippen molar-refractivity contribution >= 4 is 51.5 Å². The number of benzene rings is 2. The van der Waals surface area contributed by atoms with Crippen LogP contribution in [-0.2, 0) is 0 Å². The Balaban J connectivity index is 1.50. The summed E-state index contributed by atoms with van der Waals surface area (Å²) in [7, 11) is 0. The normalized spacial score (nSPS) is 12.1. The molecule has 5 aromatic rings. The fraction of sp³-hybridized carbons (Fsp3) is 0.0833. The second kappa shape index (κ2) is 9.06. The van der Waals surface area contributed by atoms with Crippen LogP contribution in [-0.4, -0.2) is 25.7 Å². The lowest BCUT2D eigenvalue weighted by atomic mass is 10.1. The van der Waals surface area contributed by atoms with Gasteiger partial charge in [-0.25, -0.2) is 4.98 Å². The second-order valence-electron chi connectivity index (χ2n) is 7.48. The van der Waals surface area contributed by atoms with E-state index in [2.05, 4.69) is 15.2 Å². The molecule has 0 saturated carbocycles. The van der Waals surface area contributed by atoms with Gasteiger partial charge in [-0.2, -0.15) is 0 Å². The maximum absolute atomic E-state index is 12.2. The number of aromatic nitrogens is 4. The van der Waals surface area contributed by atoms with Crippen LogP contribution in [0.2, 0.25) is 10.2 Å². The molecular formula is C24H17Cl2N5O2S. The SMILES string of the molecule is C[C@@H](Oc1cc(-n2cnc3cc(-c4ccc(Cl)nn4)ccc32)sc1C(N)=O)c1ccccc1Cl. The van der Waals surface area contributed by atoms with Gasteiger partial charge in [0.15, 0.2) is 5.15 Å². The van der Waals surface area contributed by atoms with Gasteiger partial charge in [0.2, 0.25) is 0 Å². The molecule has 7 nitrogen and oxygen atoms in total. The van der Waals surface area contributed by atoms with Crippen molar-refractivity contribution in [3.8, 4) is 22.0 Å². The van der Waals surface area contributed by atoms with Gasteiger partial charge < -0.3 is 10.5 Å². The van der Waals surface area contributed by atoms with Crippen molar-refractivity contribution < 1.29 is 9.53 Å². The van der Waals surface area contributed by atoms with Crippen molar-refractivity contribution in [3.05, 3.63) is 87.6 Å². The summed E-state index contributed by atoms with van der Waals surface area (Å²) in [5.41, 5.74) is 9.64. The third-order valence-electron chi connectivity index (χ3n) is 5.27. The van der Waals surface area contributed by atoms with E-state index >= 15 is 0 Å². The number of carbonyl (C=O) groups is 1. The molecule has 3 aromatic heterocycles. The van der Waals surface area contributed by atoms with Crippen LogP contribution in [0, 0.1) is 0 Å². The van der Waals surface area contributed by atoms with Gasteiger partial charge in [-0.1, -0.05) is 47.5 Å². The molecule has 0 saturated heterocycles. The van der Waals surface area contributed by atoms with Crippen LogP contribution < -0.4 is 10.5 Å². The summed E-state index contributed by atoms with van der Waals surface area (Å²) in [5, 5.41) is 9.69. The molecule has 0 fully saturated rings. The van der Waals surface area contributed by atoms with Crippen LogP contribution in [0.3, 0.4) is 0 Å². The average Bonchev–Trinajstić information content (AvgIpc) is 3.43. The molecule has 5 rings (SSSR count). The molecule has 0 aliphatic rings. The molecule has 34 heavy (non-hydrogen) atoms. The van der Waals surface area contributed by atoms with E-state index in [-0.39, 0.29) is 6.10 Å². The van der Waals surface area contributed by atoms with Gasteiger partial charge in [0, 0.05) is 22.2 Å². The highest BCUT2D eigenvalue weighted by Crippen LogP contribution is 2.37. The van der Waals surface area contributed by atoms with Crippen molar-refractivity contribution in [2.24, 2.45) is 5.73 Å². The molecule has 3 heterocycles. The Kier molecular flexibility index (Phi) is 5.95. The van der Waals surface area contributed by atoms with E-state index in [1.807, 2.05) is 47.9 Å². The molecule has 2 N–H and O–H groups in total. The summed E-state index contributed by atoms with van der Waals surface area (Å²) >= 11 is 13.4. The molecule has 0 radical (unpaired) electrons. The fourth-order valence-corrected chi connectivity index (χ4v) is 4.93. The lowest BCUT2D eigenvalue weighted by Gasteiger charge is -2.16. The summed E-state index contributed by atoms with van der Waals surface area (Å²) in [5.74, 6) is -0.166. The topological polar surface area (TPSA) is 95.9 Å². The minimum absolute atomic E-state index is 0.323. The standard InChI is InChI=1S/C24H17Cl2N5O2S/c1-13(15-4-2-3-5-16(15)25)33-20-11-22(34-23(20)24(27)32)31-12-28-18-10-14(6-8-19(18)31)17-7-9-21(26)30-29-17/h2-13H,1H3,(H2,27,32)/t13-/m1/s1. The molecule has 0 bridgehead atoms. The van der Waals surface area contributed by atoms with Gasteiger partial charge in [0.05, 0.1) is 16.7 Å². The number of imidazole rings is 1. The molecule has 170 valence electrons. The zero-order valence-electron chi connectivity index (χ0n) is 17.8. The summed E-state index contributed by atoms with van der Waals surface area (Å²) in [4.78, 5) is 17.0. The summed E-state index contributed by atoms with van der Waals surface area (Å²) in [6.07, 6.45) is 1.32. The number of hydrogen-bond donors (Lipinski definition) is 1. The number of carbonyl (C=O) groups excluding carboxylic acids is 1. The number of ether oxygens (including phenoxy) is 1. The maximum atomic E-state index is 12.2. The first-order chi connectivity index (χ1) is 16.4. The lowest BCUT2D eigenvalue weighted by molar-refractivity contribution is 0.0998.